The summed E-state index contributed by atoms with van der Waals surface area (Å²) in [5, 5.41) is 0. The van der Waals surface area contributed by atoms with Gasteiger partial charge in [-0.05, 0) is 18.8 Å². The first kappa shape index (κ1) is 6.05. The second-order valence-electron chi connectivity index (χ2n) is 2.49. The molecule has 1 fully saturated rings. The molecule has 2 nitrogen and oxygen atoms in total. The van der Waals surface area contributed by atoms with Gasteiger partial charge in [0.15, 0.2) is 0 Å². The first-order valence-corrected chi connectivity index (χ1v) is 3.29. The molecule has 2 heteroatoms. The van der Waals surface area contributed by atoms with E-state index in [4.69, 9.17) is 0 Å². The van der Waals surface area contributed by atoms with E-state index in [0.717, 1.165) is 19.0 Å². The van der Waals surface area contributed by atoms with Gasteiger partial charge in [0.25, 0.3) is 0 Å². The fraction of sp³-hybridized carbons (Fsp3) is 1.00. The lowest BCUT2D eigenvalue weighted by Gasteiger charge is -2.02. The van der Waals surface area contributed by atoms with Crippen LogP contribution in [0, 0.1) is 5.92 Å². The van der Waals surface area contributed by atoms with Crippen molar-refractivity contribution in [2.24, 2.45) is 5.92 Å². The monoisotopic (exact) mass is 113 g/mol. The van der Waals surface area contributed by atoms with Crippen molar-refractivity contribution in [3.05, 3.63) is 0 Å². The Bertz CT molecular complexity index is 55.5. The summed E-state index contributed by atoms with van der Waals surface area (Å²) in [4.78, 5) is 0. The largest absolute Gasteiger partial charge is 0.240 e. The van der Waals surface area contributed by atoms with Gasteiger partial charge in [-0.25, -0.2) is 5.43 Å². The lowest BCUT2D eigenvalue weighted by Crippen LogP contribution is -2.25. The number of nitrogens with one attached hydrogen (secondary N) is 1. The van der Waals surface area contributed by atoms with E-state index in [0.29, 0.717) is 0 Å². The van der Waals surface area contributed by atoms with Crippen LogP contribution in [0.1, 0.15) is 19.8 Å². The Hall–Kier alpha value is -0.0800. The Morgan fingerprint density at radius 2 is 2.50 bits per heavy atom. The first-order chi connectivity index (χ1) is 3.89. The summed E-state index contributed by atoms with van der Waals surface area (Å²) in [5.74, 6) is 0.821. The van der Waals surface area contributed by atoms with Gasteiger partial charge < -0.3 is 0 Å². The molecule has 1 heterocycles. The van der Waals surface area contributed by atoms with Crippen molar-refractivity contribution in [3.8, 4) is 0 Å². The van der Waals surface area contributed by atoms with Crippen LogP contribution < -0.4 is 10.9 Å². The zero-order chi connectivity index (χ0) is 5.82. The fourth-order valence-electron chi connectivity index (χ4n) is 0.920. The topological polar surface area (TPSA) is 26.1 Å². The van der Waals surface area contributed by atoms with Gasteiger partial charge >= 0.3 is 0 Å². The maximum Gasteiger partial charge on any atom is 0.0304 e. The highest BCUT2D eigenvalue weighted by molar-refractivity contribution is 4.59. The molecule has 0 aromatic heterocycles. The van der Waals surface area contributed by atoms with Crippen molar-refractivity contribution < 1.29 is 0 Å². The molecule has 0 aliphatic carbocycles. The van der Waals surface area contributed by atoms with Crippen molar-refractivity contribution in [2.45, 2.75) is 19.8 Å². The van der Waals surface area contributed by atoms with Crippen molar-refractivity contribution in [1.29, 1.82) is 0 Å². The Kier molecular flexibility index (Phi) is 2.30. The van der Waals surface area contributed by atoms with Crippen LogP contribution >= 0.6 is 0 Å². The van der Waals surface area contributed by atoms with E-state index >= 15 is 0 Å². The molecule has 0 saturated carbocycles. The van der Waals surface area contributed by atoms with Crippen molar-refractivity contribution >= 4 is 0 Å². The molecule has 0 amide bonds. The summed E-state index contributed by atoms with van der Waals surface area (Å²) < 4.78 is 0. The van der Waals surface area contributed by atoms with Crippen LogP contribution in [0.15, 0.2) is 0 Å². The molecule has 0 aromatic rings. The molecule has 1 saturated heterocycles. The first-order valence-electron chi connectivity index (χ1n) is 3.29. The SMILES string of the molecule is CC1CCC[N]NC1. The van der Waals surface area contributed by atoms with E-state index in [1.807, 2.05) is 0 Å². The van der Waals surface area contributed by atoms with Crippen molar-refractivity contribution in [1.82, 2.24) is 10.9 Å². The highest BCUT2D eigenvalue weighted by Gasteiger charge is 2.04. The van der Waals surface area contributed by atoms with E-state index in [1.165, 1.54) is 12.8 Å². The minimum atomic E-state index is 0.821. The van der Waals surface area contributed by atoms with E-state index < -0.39 is 0 Å². The molecule has 0 bridgehead atoms. The van der Waals surface area contributed by atoms with E-state index in [9.17, 15) is 0 Å². The lowest BCUT2D eigenvalue weighted by molar-refractivity contribution is 0.494. The maximum absolute atomic E-state index is 4.07. The minimum Gasteiger partial charge on any atom is -0.240 e. The third kappa shape index (κ3) is 1.80. The van der Waals surface area contributed by atoms with Gasteiger partial charge in [0.1, 0.15) is 0 Å². The van der Waals surface area contributed by atoms with Gasteiger partial charge in [0.2, 0.25) is 0 Å². The molecule has 0 aromatic carbocycles. The molecule has 1 rings (SSSR count). The van der Waals surface area contributed by atoms with E-state index in [2.05, 4.69) is 17.8 Å². The lowest BCUT2D eigenvalue weighted by atomic mass is 10.1. The minimum absolute atomic E-state index is 0.821. The Balaban J connectivity index is 2.17. The normalized spacial score (nSPS) is 31.9. The molecule has 1 atom stereocenters. The number of hydrogen-bond acceptors (Lipinski definition) is 1. The smallest absolute Gasteiger partial charge is 0.0304 e. The summed E-state index contributed by atoms with van der Waals surface area (Å²) in [7, 11) is 0. The summed E-state index contributed by atoms with van der Waals surface area (Å²) in [5.41, 5.74) is 7.09. The van der Waals surface area contributed by atoms with Crippen LogP contribution in [0.4, 0.5) is 0 Å². The molecular formula is C6H13N2. The van der Waals surface area contributed by atoms with Crippen LogP contribution in [-0.2, 0) is 0 Å². The Labute approximate surface area is 50.6 Å². The standard InChI is InChI=1S/C6H13N2/c1-6-3-2-4-7-8-5-6/h6,8H,2-5H2,1H3. The molecule has 0 spiro atoms. The fourth-order valence-corrected chi connectivity index (χ4v) is 0.920. The van der Waals surface area contributed by atoms with Crippen molar-refractivity contribution in [2.75, 3.05) is 13.1 Å². The molecule has 1 aliphatic rings. The van der Waals surface area contributed by atoms with Crippen LogP contribution in [0.2, 0.25) is 0 Å². The number of nitrogens with zero attached hydrogens (tertiary/aromatic N) is 1. The zero-order valence-electron chi connectivity index (χ0n) is 5.35. The highest BCUT2D eigenvalue weighted by atomic mass is 15.3. The van der Waals surface area contributed by atoms with Crippen LogP contribution in [0.5, 0.6) is 0 Å². The second kappa shape index (κ2) is 3.05. The maximum atomic E-state index is 4.07. The molecular weight excluding hydrogens is 100 g/mol. The molecule has 1 aliphatic heterocycles. The third-order valence-electron chi connectivity index (χ3n) is 1.52. The van der Waals surface area contributed by atoms with Crippen LogP contribution in [0.25, 0.3) is 0 Å². The molecule has 1 N–H and O–H groups in total. The van der Waals surface area contributed by atoms with Crippen LogP contribution in [0.3, 0.4) is 0 Å². The average Bonchev–Trinajstić information content (AvgIpc) is 1.94. The Morgan fingerprint density at radius 3 is 3.38 bits per heavy atom. The average molecular weight is 113 g/mol. The Morgan fingerprint density at radius 1 is 1.62 bits per heavy atom. The number of rotatable bonds is 0. The van der Waals surface area contributed by atoms with Gasteiger partial charge in [0, 0.05) is 13.1 Å². The number of hydrogen-bond donors (Lipinski definition) is 1. The van der Waals surface area contributed by atoms with Gasteiger partial charge in [-0.1, -0.05) is 6.92 Å². The molecule has 1 unspecified atom stereocenters. The molecule has 8 heavy (non-hydrogen) atoms. The van der Waals surface area contributed by atoms with E-state index in [1.54, 1.807) is 0 Å². The zero-order valence-corrected chi connectivity index (χ0v) is 5.35. The predicted octanol–water partition coefficient (Wildman–Crippen LogP) is 0.525. The summed E-state index contributed by atoms with van der Waals surface area (Å²) >= 11 is 0. The molecule has 47 valence electrons. The quantitative estimate of drug-likeness (QED) is 0.487. The van der Waals surface area contributed by atoms with Crippen LogP contribution in [-0.4, -0.2) is 13.1 Å². The summed E-state index contributed by atoms with van der Waals surface area (Å²) in [6.45, 7) is 4.33. The predicted molar refractivity (Wildman–Crippen MR) is 33.4 cm³/mol. The summed E-state index contributed by atoms with van der Waals surface area (Å²) in [6.07, 6.45) is 2.59. The molecule has 1 radical (unpaired) electrons. The van der Waals surface area contributed by atoms with Gasteiger partial charge in [-0.15, -0.1) is 0 Å². The van der Waals surface area contributed by atoms with Crippen molar-refractivity contribution in [3.63, 3.8) is 0 Å². The van der Waals surface area contributed by atoms with Gasteiger partial charge in [-0.3, -0.25) is 0 Å². The third-order valence-corrected chi connectivity index (χ3v) is 1.52. The van der Waals surface area contributed by atoms with Gasteiger partial charge in [0.05, 0.1) is 0 Å². The summed E-state index contributed by atoms with van der Waals surface area (Å²) in [6, 6.07) is 0. The second-order valence-corrected chi connectivity index (χ2v) is 2.49. The van der Waals surface area contributed by atoms with E-state index in [-0.39, 0.29) is 0 Å². The van der Waals surface area contributed by atoms with Gasteiger partial charge in [-0.2, -0.15) is 5.43 Å². The highest BCUT2D eigenvalue weighted by Crippen LogP contribution is 2.04.